The van der Waals surface area contributed by atoms with E-state index >= 15 is 0 Å². The van der Waals surface area contributed by atoms with Crippen LogP contribution in [0.1, 0.15) is 38.9 Å². The first-order valence-electron chi connectivity index (χ1n) is 10.8. The van der Waals surface area contributed by atoms with Crippen LogP contribution in [0.4, 0.5) is 32.2 Å². The van der Waals surface area contributed by atoms with E-state index in [1.54, 1.807) is 7.05 Å². The summed E-state index contributed by atoms with van der Waals surface area (Å²) in [6.45, 7) is -0.367. The van der Waals surface area contributed by atoms with E-state index in [2.05, 4.69) is 15.1 Å². The van der Waals surface area contributed by atoms with Gasteiger partial charge < -0.3 is 15.4 Å². The maximum atomic E-state index is 14.1. The molecule has 5 rings (SSSR count). The molecular weight excluding hydrogens is 506 g/mol. The van der Waals surface area contributed by atoms with E-state index in [1.165, 1.54) is 24.0 Å². The Kier molecular flexibility index (Phi) is 5.55. The summed E-state index contributed by atoms with van der Waals surface area (Å²) in [5, 5.41) is 4.72. The topological polar surface area (TPSA) is 99.2 Å². The Morgan fingerprint density at radius 1 is 1.11 bits per heavy atom. The number of anilines is 1. The third-order valence-electron chi connectivity index (χ3n) is 6.34. The molecule has 0 unspecified atom stereocenters. The fraction of sp³-hybridized carbons (Fsp3) is 0.304. The normalized spacial score (nSPS) is 16.3. The molecule has 1 amide bonds. The van der Waals surface area contributed by atoms with Crippen molar-refractivity contribution in [2.75, 3.05) is 19.4 Å². The Morgan fingerprint density at radius 2 is 1.84 bits per heavy atom. The molecule has 3 aromatic heterocycles. The van der Waals surface area contributed by atoms with Crippen LogP contribution >= 0.6 is 0 Å². The largest absolute Gasteiger partial charge is 0.433 e. The number of nitrogens with zero attached hydrogens (tertiary/aromatic N) is 5. The number of halogens is 6. The zero-order valence-corrected chi connectivity index (χ0v) is 19.3. The fourth-order valence-electron chi connectivity index (χ4n) is 4.51. The van der Waals surface area contributed by atoms with Crippen molar-refractivity contribution in [3.05, 3.63) is 58.5 Å². The van der Waals surface area contributed by atoms with Crippen LogP contribution in [0.25, 0.3) is 21.8 Å². The molecule has 8 nitrogen and oxygen atoms in total. The summed E-state index contributed by atoms with van der Waals surface area (Å²) in [4.78, 5) is 22.2. The molecule has 194 valence electrons. The number of nitrogen functional groups attached to an aromatic ring is 1. The summed E-state index contributed by atoms with van der Waals surface area (Å²) in [7, 11) is 2.83. The average molecular weight is 524 g/mol. The minimum Gasteiger partial charge on any atom is -0.383 e. The number of aromatic nitrogens is 4. The van der Waals surface area contributed by atoms with Crippen molar-refractivity contribution in [3.63, 3.8) is 0 Å². The number of carbonyl (C=O) groups is 1. The lowest BCUT2D eigenvalue weighted by Crippen LogP contribution is -2.37. The average Bonchev–Trinajstić information content (AvgIpc) is 3.23. The maximum Gasteiger partial charge on any atom is 0.433 e. The van der Waals surface area contributed by atoms with E-state index in [9.17, 15) is 31.1 Å². The van der Waals surface area contributed by atoms with Gasteiger partial charge in [-0.2, -0.15) is 31.4 Å². The number of fused-ring (bicyclic) bond motifs is 4. The summed E-state index contributed by atoms with van der Waals surface area (Å²) in [6.07, 6.45) is -8.19. The van der Waals surface area contributed by atoms with Gasteiger partial charge in [-0.15, -0.1) is 0 Å². The van der Waals surface area contributed by atoms with Crippen molar-refractivity contribution in [2.45, 2.75) is 25.0 Å². The number of aryl methyl sites for hydroxylation is 1. The van der Waals surface area contributed by atoms with Crippen LogP contribution in [-0.4, -0.2) is 44.2 Å². The fourth-order valence-corrected chi connectivity index (χ4v) is 4.51. The van der Waals surface area contributed by atoms with Gasteiger partial charge in [0.1, 0.15) is 11.5 Å². The lowest BCUT2D eigenvalue weighted by Gasteiger charge is -2.33. The summed E-state index contributed by atoms with van der Waals surface area (Å²) in [5.41, 5.74) is 3.41. The molecule has 2 N–H and O–H groups in total. The highest BCUT2D eigenvalue weighted by atomic mass is 19.4. The first kappa shape index (κ1) is 24.7. The van der Waals surface area contributed by atoms with Gasteiger partial charge in [0.05, 0.1) is 58.7 Å². The molecule has 0 bridgehead atoms. The van der Waals surface area contributed by atoms with Crippen LogP contribution in [0.5, 0.6) is 0 Å². The molecule has 0 spiro atoms. The van der Waals surface area contributed by atoms with Crippen LogP contribution in [0.3, 0.4) is 0 Å². The van der Waals surface area contributed by atoms with Gasteiger partial charge in [0.2, 0.25) is 0 Å². The minimum absolute atomic E-state index is 0.0124. The number of benzene rings is 1. The monoisotopic (exact) mass is 524 g/mol. The number of carbonyl (C=O) groups excluding carboxylic acids is 1. The summed E-state index contributed by atoms with van der Waals surface area (Å²) in [6, 6.07) is 2.80. The van der Waals surface area contributed by atoms with E-state index in [4.69, 9.17) is 10.5 Å². The summed E-state index contributed by atoms with van der Waals surface area (Å²) in [5.74, 6) is -1.02. The Morgan fingerprint density at radius 3 is 2.51 bits per heavy atom. The molecule has 4 heterocycles. The first-order valence-corrected chi connectivity index (χ1v) is 10.8. The maximum absolute atomic E-state index is 14.1. The van der Waals surface area contributed by atoms with Crippen molar-refractivity contribution in [2.24, 2.45) is 7.05 Å². The molecule has 1 aliphatic heterocycles. The van der Waals surface area contributed by atoms with Gasteiger partial charge in [-0.3, -0.25) is 9.48 Å². The third-order valence-corrected chi connectivity index (χ3v) is 6.34. The Hall–Kier alpha value is -3.94. The van der Waals surface area contributed by atoms with Crippen LogP contribution in [0, 0.1) is 0 Å². The SMILES string of the molecule is CN(C(=O)c1cc2c(cc1C(F)(F)F)nc(N)c1cnn(C)c12)[C@@H]1COCc2nc(C(F)(F)F)ccc21. The molecule has 4 aromatic rings. The zero-order chi connectivity index (χ0) is 26.9. The Bertz CT molecular complexity index is 1560. The third kappa shape index (κ3) is 4.10. The molecule has 0 radical (unpaired) electrons. The number of rotatable bonds is 2. The molecule has 37 heavy (non-hydrogen) atoms. The molecule has 1 aliphatic rings. The van der Waals surface area contributed by atoms with E-state index in [1.807, 2.05) is 0 Å². The van der Waals surface area contributed by atoms with Crippen LogP contribution in [-0.2, 0) is 30.7 Å². The highest BCUT2D eigenvalue weighted by Gasteiger charge is 2.39. The summed E-state index contributed by atoms with van der Waals surface area (Å²) < 4.78 is 88.3. The molecule has 1 aromatic carbocycles. The van der Waals surface area contributed by atoms with Crippen molar-refractivity contribution < 1.29 is 35.9 Å². The predicted octanol–water partition coefficient (Wildman–Crippen LogP) is 4.48. The number of hydrogen-bond donors (Lipinski definition) is 1. The van der Waals surface area contributed by atoms with Gasteiger partial charge in [0.15, 0.2) is 0 Å². The number of pyridine rings is 2. The molecule has 1 atom stereocenters. The van der Waals surface area contributed by atoms with Gasteiger partial charge in [0, 0.05) is 25.0 Å². The van der Waals surface area contributed by atoms with Crippen molar-refractivity contribution in [3.8, 4) is 0 Å². The number of likely N-dealkylation sites (N-methyl/N-ethyl adjacent to an activating group) is 1. The highest BCUT2D eigenvalue weighted by Crippen LogP contribution is 2.39. The zero-order valence-electron chi connectivity index (χ0n) is 19.3. The second-order valence-corrected chi connectivity index (χ2v) is 8.62. The van der Waals surface area contributed by atoms with Gasteiger partial charge >= 0.3 is 12.4 Å². The second-order valence-electron chi connectivity index (χ2n) is 8.62. The van der Waals surface area contributed by atoms with E-state index < -0.39 is 41.1 Å². The quantitative estimate of drug-likeness (QED) is 0.389. The molecule has 14 heteroatoms. The standard InChI is InChI=1S/C23H18F6N6O2/c1-34(17-9-37-8-16-10(17)3-4-18(32-16)23(27,28)29)21(36)11-5-12-15(6-14(11)22(24,25)26)33-20(30)13-7-31-35(2)19(12)13/h3-7,17H,8-9H2,1-2H3,(H2,30,33)/t17-/m1/s1. The molecule has 0 aliphatic carbocycles. The lowest BCUT2D eigenvalue weighted by atomic mass is 9.98. The number of ether oxygens (including phenoxy) is 1. The van der Waals surface area contributed by atoms with Gasteiger partial charge in [-0.1, -0.05) is 6.07 Å². The lowest BCUT2D eigenvalue weighted by molar-refractivity contribution is -0.141. The molecule has 0 saturated carbocycles. The first-order chi connectivity index (χ1) is 17.3. The highest BCUT2D eigenvalue weighted by molar-refractivity contribution is 6.10. The van der Waals surface area contributed by atoms with E-state index in [-0.39, 0.29) is 41.2 Å². The molecule has 0 fully saturated rings. The number of alkyl halides is 6. The van der Waals surface area contributed by atoms with Crippen molar-refractivity contribution >= 4 is 33.5 Å². The minimum atomic E-state index is -4.91. The number of nitrogens with two attached hydrogens (primary N) is 1. The number of amides is 1. The second kappa shape index (κ2) is 8.30. The van der Waals surface area contributed by atoms with Gasteiger partial charge in [0.25, 0.3) is 5.91 Å². The van der Waals surface area contributed by atoms with E-state index in [0.717, 1.165) is 23.1 Å². The number of hydrogen-bond acceptors (Lipinski definition) is 6. The summed E-state index contributed by atoms with van der Waals surface area (Å²) >= 11 is 0. The van der Waals surface area contributed by atoms with Gasteiger partial charge in [-0.25, -0.2) is 9.97 Å². The molecular formula is C23H18F6N6O2. The smallest absolute Gasteiger partial charge is 0.383 e. The molecule has 0 saturated heterocycles. The Labute approximate surface area is 204 Å². The van der Waals surface area contributed by atoms with Crippen LogP contribution < -0.4 is 5.73 Å². The van der Waals surface area contributed by atoms with Crippen molar-refractivity contribution in [1.29, 1.82) is 0 Å². The van der Waals surface area contributed by atoms with Crippen LogP contribution in [0.2, 0.25) is 0 Å². The Balaban J connectivity index is 1.64. The van der Waals surface area contributed by atoms with E-state index in [0.29, 0.717) is 10.9 Å². The van der Waals surface area contributed by atoms with Gasteiger partial charge in [-0.05, 0) is 18.2 Å². The predicted molar refractivity (Wildman–Crippen MR) is 119 cm³/mol. The van der Waals surface area contributed by atoms with Crippen molar-refractivity contribution in [1.82, 2.24) is 24.6 Å². The van der Waals surface area contributed by atoms with Crippen LogP contribution in [0.15, 0.2) is 30.5 Å².